The van der Waals surface area contributed by atoms with Crippen molar-refractivity contribution in [3.05, 3.63) is 86.2 Å². The Morgan fingerprint density at radius 2 is 1.72 bits per heavy atom. The number of nitrogen functional groups attached to an aromatic ring is 1. The van der Waals surface area contributed by atoms with Gasteiger partial charge < -0.3 is 10.5 Å². The van der Waals surface area contributed by atoms with E-state index in [-0.39, 0.29) is 5.41 Å². The van der Waals surface area contributed by atoms with Crippen LogP contribution in [0.25, 0.3) is 17.8 Å². The molecular formula is C23H25N3O3. The number of nitrogens with two attached hydrogens (primary N) is 1. The minimum absolute atomic E-state index is 0.225. The molecule has 0 aliphatic heterocycles. The van der Waals surface area contributed by atoms with Crippen LogP contribution < -0.4 is 21.7 Å². The van der Waals surface area contributed by atoms with Crippen molar-refractivity contribution in [3.63, 3.8) is 0 Å². The lowest BCUT2D eigenvalue weighted by atomic mass is 9.84. The molecule has 0 radical (unpaired) electrons. The Morgan fingerprint density at radius 1 is 1.03 bits per heavy atom. The number of aromatic nitrogens is 2. The van der Waals surface area contributed by atoms with Crippen LogP contribution in [0.5, 0.6) is 5.75 Å². The third-order valence-electron chi connectivity index (χ3n) is 4.61. The third-order valence-corrected chi connectivity index (χ3v) is 4.61. The monoisotopic (exact) mass is 391 g/mol. The summed E-state index contributed by atoms with van der Waals surface area (Å²) in [5.41, 5.74) is 8.72. The molecule has 29 heavy (non-hydrogen) atoms. The van der Waals surface area contributed by atoms with Crippen LogP contribution in [0.15, 0.2) is 58.3 Å². The topological polar surface area (TPSA) is 90.1 Å². The van der Waals surface area contributed by atoms with Crippen LogP contribution >= 0.6 is 0 Å². The molecule has 2 aromatic carbocycles. The molecule has 0 fully saturated rings. The molecule has 0 saturated heterocycles. The van der Waals surface area contributed by atoms with E-state index in [1.807, 2.05) is 48.6 Å². The largest absolute Gasteiger partial charge is 0.496 e. The molecule has 6 heteroatoms. The Labute approximate surface area is 169 Å². The van der Waals surface area contributed by atoms with E-state index in [1.54, 1.807) is 7.11 Å². The first-order valence-corrected chi connectivity index (χ1v) is 9.27. The Morgan fingerprint density at radius 3 is 2.31 bits per heavy atom. The SMILES string of the molecule is COc1c(C=Cc2ccc(N)cc2)cc(-n2ccc(=O)[nH]c2=O)cc1C(C)(C)C. The van der Waals surface area contributed by atoms with Gasteiger partial charge in [-0.2, -0.15) is 0 Å². The van der Waals surface area contributed by atoms with Crippen LogP contribution in [-0.4, -0.2) is 16.7 Å². The Bertz CT molecular complexity index is 1160. The third kappa shape index (κ3) is 4.48. The molecule has 150 valence electrons. The van der Waals surface area contributed by atoms with Crippen molar-refractivity contribution in [2.45, 2.75) is 26.2 Å². The molecule has 0 unspecified atom stereocenters. The highest BCUT2D eigenvalue weighted by Gasteiger charge is 2.22. The minimum atomic E-state index is -0.490. The number of H-pyrrole nitrogens is 1. The Hall–Kier alpha value is -3.54. The van der Waals surface area contributed by atoms with Crippen molar-refractivity contribution in [1.82, 2.24) is 9.55 Å². The maximum Gasteiger partial charge on any atom is 0.332 e. The van der Waals surface area contributed by atoms with Crippen LogP contribution in [-0.2, 0) is 5.41 Å². The van der Waals surface area contributed by atoms with Crippen LogP contribution in [0.1, 0.15) is 37.5 Å². The molecule has 0 spiro atoms. The van der Waals surface area contributed by atoms with Crippen molar-refractivity contribution >= 4 is 17.8 Å². The van der Waals surface area contributed by atoms with E-state index >= 15 is 0 Å². The number of methoxy groups -OCH3 is 1. The van der Waals surface area contributed by atoms with Crippen LogP contribution in [0, 0.1) is 0 Å². The van der Waals surface area contributed by atoms with Crippen molar-refractivity contribution in [1.29, 1.82) is 0 Å². The first-order valence-electron chi connectivity index (χ1n) is 9.27. The number of hydrogen-bond acceptors (Lipinski definition) is 4. The smallest absolute Gasteiger partial charge is 0.332 e. The molecule has 0 bridgehead atoms. The normalized spacial score (nSPS) is 11.7. The second-order valence-corrected chi connectivity index (χ2v) is 7.85. The molecule has 3 aromatic rings. The summed E-state index contributed by atoms with van der Waals surface area (Å²) in [5, 5.41) is 0. The van der Waals surface area contributed by atoms with E-state index in [4.69, 9.17) is 10.5 Å². The van der Waals surface area contributed by atoms with Gasteiger partial charge in [-0.05, 0) is 35.2 Å². The second-order valence-electron chi connectivity index (χ2n) is 7.85. The predicted octanol–water partition coefficient (Wildman–Crippen LogP) is 3.58. The molecule has 0 saturated carbocycles. The van der Waals surface area contributed by atoms with E-state index in [9.17, 15) is 9.59 Å². The van der Waals surface area contributed by atoms with Gasteiger partial charge in [0.25, 0.3) is 5.56 Å². The summed E-state index contributed by atoms with van der Waals surface area (Å²) < 4.78 is 7.15. The summed E-state index contributed by atoms with van der Waals surface area (Å²) in [6.45, 7) is 6.24. The van der Waals surface area contributed by atoms with Crippen LogP contribution in [0.4, 0.5) is 5.69 Å². The summed E-state index contributed by atoms with van der Waals surface area (Å²) in [6, 6.07) is 12.6. The molecule has 0 aliphatic rings. The highest BCUT2D eigenvalue weighted by Crippen LogP contribution is 2.37. The first kappa shape index (κ1) is 20.2. The second kappa shape index (κ2) is 7.83. The number of hydrogen-bond donors (Lipinski definition) is 2. The van der Waals surface area contributed by atoms with Gasteiger partial charge in [0.1, 0.15) is 5.75 Å². The van der Waals surface area contributed by atoms with Crippen molar-refractivity contribution in [2.75, 3.05) is 12.8 Å². The van der Waals surface area contributed by atoms with Gasteiger partial charge in [-0.1, -0.05) is 45.1 Å². The number of anilines is 1. The summed E-state index contributed by atoms with van der Waals surface area (Å²) in [6.07, 6.45) is 5.38. The lowest BCUT2D eigenvalue weighted by Crippen LogP contribution is -2.28. The van der Waals surface area contributed by atoms with Gasteiger partial charge in [0.15, 0.2) is 0 Å². The zero-order chi connectivity index (χ0) is 21.2. The molecule has 3 N–H and O–H groups in total. The van der Waals surface area contributed by atoms with Gasteiger partial charge in [-0.3, -0.25) is 14.3 Å². The highest BCUT2D eigenvalue weighted by molar-refractivity contribution is 5.75. The van der Waals surface area contributed by atoms with Crippen molar-refractivity contribution in [3.8, 4) is 11.4 Å². The molecule has 1 aromatic heterocycles. The molecular weight excluding hydrogens is 366 g/mol. The molecule has 0 aliphatic carbocycles. The van der Waals surface area contributed by atoms with Gasteiger partial charge in [0, 0.05) is 29.1 Å². The number of benzene rings is 2. The van der Waals surface area contributed by atoms with Crippen molar-refractivity contribution < 1.29 is 4.74 Å². The van der Waals surface area contributed by atoms with E-state index in [0.29, 0.717) is 11.4 Å². The van der Waals surface area contributed by atoms with E-state index < -0.39 is 11.2 Å². The average Bonchev–Trinajstić information content (AvgIpc) is 2.66. The molecule has 0 amide bonds. The standard InChI is InChI=1S/C23H25N3O3/c1-23(2,3)19-14-18(26-12-11-20(27)25-22(26)28)13-16(21(19)29-4)8-5-15-6-9-17(24)10-7-15/h5-14H,24H2,1-4H3,(H,25,27,28). The van der Waals surface area contributed by atoms with E-state index in [2.05, 4.69) is 25.8 Å². The predicted molar refractivity (Wildman–Crippen MR) is 118 cm³/mol. The quantitative estimate of drug-likeness (QED) is 0.525. The molecule has 0 atom stereocenters. The highest BCUT2D eigenvalue weighted by atomic mass is 16.5. The van der Waals surface area contributed by atoms with Gasteiger partial charge in [0.05, 0.1) is 12.8 Å². The maximum atomic E-state index is 12.3. The molecule has 3 rings (SSSR count). The van der Waals surface area contributed by atoms with Crippen LogP contribution in [0.2, 0.25) is 0 Å². The Balaban J connectivity index is 2.21. The zero-order valence-corrected chi connectivity index (χ0v) is 17.0. The number of nitrogens with one attached hydrogen (secondary N) is 1. The number of aromatic amines is 1. The van der Waals surface area contributed by atoms with Crippen molar-refractivity contribution in [2.24, 2.45) is 0 Å². The number of ether oxygens (including phenoxy) is 1. The lowest BCUT2D eigenvalue weighted by Gasteiger charge is -2.25. The lowest BCUT2D eigenvalue weighted by molar-refractivity contribution is 0.396. The minimum Gasteiger partial charge on any atom is -0.496 e. The summed E-state index contributed by atoms with van der Waals surface area (Å²) >= 11 is 0. The summed E-state index contributed by atoms with van der Waals surface area (Å²) in [4.78, 5) is 26.1. The zero-order valence-electron chi connectivity index (χ0n) is 17.0. The van der Waals surface area contributed by atoms with Crippen LogP contribution in [0.3, 0.4) is 0 Å². The summed E-state index contributed by atoms with van der Waals surface area (Å²) in [7, 11) is 1.64. The number of rotatable bonds is 4. The maximum absolute atomic E-state index is 12.3. The van der Waals surface area contributed by atoms with E-state index in [0.717, 1.165) is 22.4 Å². The van der Waals surface area contributed by atoms with Gasteiger partial charge in [0.2, 0.25) is 0 Å². The summed E-state index contributed by atoms with van der Waals surface area (Å²) in [5.74, 6) is 0.741. The number of nitrogens with zero attached hydrogens (tertiary/aromatic N) is 1. The molecule has 6 nitrogen and oxygen atoms in total. The van der Waals surface area contributed by atoms with E-state index in [1.165, 1.54) is 16.8 Å². The average molecular weight is 391 g/mol. The fourth-order valence-electron chi connectivity index (χ4n) is 3.10. The van der Waals surface area contributed by atoms with Gasteiger partial charge >= 0.3 is 5.69 Å². The molecule has 1 heterocycles. The Kier molecular flexibility index (Phi) is 5.46. The fourth-order valence-corrected chi connectivity index (χ4v) is 3.10. The van der Waals surface area contributed by atoms with Gasteiger partial charge in [-0.25, -0.2) is 4.79 Å². The first-order chi connectivity index (χ1) is 13.7. The van der Waals surface area contributed by atoms with Gasteiger partial charge in [-0.15, -0.1) is 0 Å². The fraction of sp³-hybridized carbons (Fsp3) is 0.217.